The molecule has 0 spiro atoms. The molecule has 0 saturated heterocycles. The van der Waals surface area contributed by atoms with Gasteiger partial charge in [-0.2, -0.15) is 0 Å². The number of hydrogen-bond donors (Lipinski definition) is 0. The van der Waals surface area contributed by atoms with Crippen molar-refractivity contribution in [2.24, 2.45) is 0 Å². The summed E-state index contributed by atoms with van der Waals surface area (Å²) in [5.41, 5.74) is 1.62. The molecule has 0 saturated carbocycles. The molecule has 0 fully saturated rings. The van der Waals surface area contributed by atoms with Crippen LogP contribution in [0.1, 0.15) is 48.7 Å². The molecule has 0 aromatic heterocycles. The summed E-state index contributed by atoms with van der Waals surface area (Å²) in [5, 5.41) is 0. The van der Waals surface area contributed by atoms with Crippen molar-refractivity contribution in [3.8, 4) is 11.8 Å². The minimum absolute atomic E-state index is 0.223. The Labute approximate surface area is 225 Å². The van der Waals surface area contributed by atoms with Gasteiger partial charge in [0, 0.05) is 5.56 Å². The maximum atomic E-state index is 12.3. The van der Waals surface area contributed by atoms with Crippen LogP contribution in [-0.2, 0) is 39.8 Å². The minimum Gasteiger partial charge on any atom is -0.460 e. The van der Waals surface area contributed by atoms with E-state index in [-0.39, 0.29) is 31.6 Å². The molecule has 0 atom stereocenters. The second kappa shape index (κ2) is 18.1. The van der Waals surface area contributed by atoms with Crippen LogP contribution in [0.15, 0.2) is 54.6 Å². The van der Waals surface area contributed by atoms with Gasteiger partial charge < -0.3 is 28.4 Å². The Kier molecular flexibility index (Phi) is 14.8. The summed E-state index contributed by atoms with van der Waals surface area (Å²) in [5.74, 6) is 5.26. The maximum absolute atomic E-state index is 12.3. The molecule has 0 aliphatic heterocycles. The zero-order valence-corrected chi connectivity index (χ0v) is 22.5. The van der Waals surface area contributed by atoms with Gasteiger partial charge in [-0.25, -0.2) is 4.79 Å². The third-order valence-electron chi connectivity index (χ3n) is 4.70. The molecule has 2 aromatic carbocycles. The van der Waals surface area contributed by atoms with E-state index in [0.29, 0.717) is 57.4 Å². The third kappa shape index (κ3) is 15.1. The average Bonchev–Trinajstić information content (AvgIpc) is 2.89. The van der Waals surface area contributed by atoms with Gasteiger partial charge in [0.1, 0.15) is 18.8 Å². The van der Waals surface area contributed by atoms with Gasteiger partial charge in [0.25, 0.3) is 0 Å². The van der Waals surface area contributed by atoms with Gasteiger partial charge in [-0.05, 0) is 44.5 Å². The van der Waals surface area contributed by atoms with Crippen LogP contribution >= 0.6 is 0 Å². The number of carbonyl (C=O) groups excluding carboxylic acids is 2. The quantitative estimate of drug-likeness (QED) is 0.183. The van der Waals surface area contributed by atoms with E-state index < -0.39 is 5.60 Å². The molecule has 8 heteroatoms. The Morgan fingerprint density at radius 3 is 2.05 bits per heavy atom. The molecule has 206 valence electrons. The fraction of sp³-hybridized carbons (Fsp3) is 0.467. The first-order valence-electron chi connectivity index (χ1n) is 12.7. The summed E-state index contributed by atoms with van der Waals surface area (Å²) in [4.78, 5) is 23.8. The van der Waals surface area contributed by atoms with E-state index in [4.69, 9.17) is 28.4 Å². The van der Waals surface area contributed by atoms with E-state index in [1.165, 1.54) is 0 Å². The van der Waals surface area contributed by atoms with Gasteiger partial charge in [0.05, 0.1) is 58.2 Å². The molecule has 0 unspecified atom stereocenters. The number of carbonyl (C=O) groups is 2. The molecule has 0 N–H and O–H groups in total. The highest BCUT2D eigenvalue weighted by Crippen LogP contribution is 2.09. The number of esters is 2. The second-order valence-electron chi connectivity index (χ2n) is 9.17. The number of hydrogen-bond acceptors (Lipinski definition) is 8. The van der Waals surface area contributed by atoms with Gasteiger partial charge >= 0.3 is 11.9 Å². The highest BCUT2D eigenvalue weighted by molar-refractivity contribution is 5.89. The Morgan fingerprint density at radius 2 is 1.39 bits per heavy atom. The number of ether oxygens (including phenoxy) is 6. The van der Waals surface area contributed by atoms with Crippen molar-refractivity contribution in [2.45, 2.75) is 39.4 Å². The van der Waals surface area contributed by atoms with Crippen molar-refractivity contribution in [1.29, 1.82) is 0 Å². The number of rotatable bonds is 16. The summed E-state index contributed by atoms with van der Waals surface area (Å²) in [6.07, 6.45) is 0.223. The molecule has 2 rings (SSSR count). The largest absolute Gasteiger partial charge is 0.460 e. The Balaban J connectivity index is 1.46. The van der Waals surface area contributed by atoms with Crippen LogP contribution in [0.2, 0.25) is 0 Å². The maximum Gasteiger partial charge on any atom is 0.338 e. The lowest BCUT2D eigenvalue weighted by atomic mass is 10.1. The smallest absolute Gasteiger partial charge is 0.338 e. The van der Waals surface area contributed by atoms with E-state index in [1.54, 1.807) is 18.2 Å². The lowest BCUT2D eigenvalue weighted by Gasteiger charge is -2.19. The van der Waals surface area contributed by atoms with Crippen LogP contribution < -0.4 is 0 Å². The fourth-order valence-electron chi connectivity index (χ4n) is 3.00. The fourth-order valence-corrected chi connectivity index (χ4v) is 3.00. The predicted octanol–water partition coefficient (Wildman–Crippen LogP) is 4.19. The average molecular weight is 527 g/mol. The molecular formula is C30H38O8. The van der Waals surface area contributed by atoms with Crippen LogP contribution in [0.3, 0.4) is 0 Å². The van der Waals surface area contributed by atoms with E-state index in [1.807, 2.05) is 57.2 Å². The second-order valence-corrected chi connectivity index (χ2v) is 9.17. The van der Waals surface area contributed by atoms with Gasteiger partial charge in [-0.15, -0.1) is 0 Å². The molecule has 0 radical (unpaired) electrons. The highest BCUT2D eigenvalue weighted by Gasteiger charge is 2.15. The molecule has 0 heterocycles. The third-order valence-corrected chi connectivity index (χ3v) is 4.70. The Bertz CT molecular complexity index is 1020. The van der Waals surface area contributed by atoms with Crippen LogP contribution in [0.4, 0.5) is 0 Å². The molecule has 0 amide bonds. The minimum atomic E-state index is -0.479. The first-order chi connectivity index (χ1) is 18.3. The van der Waals surface area contributed by atoms with Gasteiger partial charge in [-0.1, -0.05) is 48.2 Å². The topological polar surface area (TPSA) is 89.5 Å². The number of benzene rings is 2. The zero-order valence-electron chi connectivity index (χ0n) is 22.5. The van der Waals surface area contributed by atoms with Crippen molar-refractivity contribution in [3.05, 3.63) is 71.3 Å². The van der Waals surface area contributed by atoms with Crippen molar-refractivity contribution in [2.75, 3.05) is 52.9 Å². The summed E-state index contributed by atoms with van der Waals surface area (Å²) in [7, 11) is 0. The monoisotopic (exact) mass is 526 g/mol. The van der Waals surface area contributed by atoms with Gasteiger partial charge in [-0.3, -0.25) is 4.79 Å². The lowest BCUT2D eigenvalue weighted by molar-refractivity contribution is -0.156. The van der Waals surface area contributed by atoms with E-state index in [2.05, 4.69) is 11.8 Å². The first kappa shape index (κ1) is 31.0. The SMILES string of the molecule is CC(C)(C)OC(=O)CCOCCOCCOCCOCC#Cc1cccc(C(=O)OCc2ccccc2)c1. The summed E-state index contributed by atoms with van der Waals surface area (Å²) in [6, 6.07) is 16.5. The molecule has 0 aliphatic rings. The van der Waals surface area contributed by atoms with E-state index >= 15 is 0 Å². The molecule has 38 heavy (non-hydrogen) atoms. The molecule has 2 aromatic rings. The van der Waals surface area contributed by atoms with Crippen LogP contribution in [0.5, 0.6) is 0 Å². The van der Waals surface area contributed by atoms with Gasteiger partial charge in [0.2, 0.25) is 0 Å². The zero-order chi connectivity index (χ0) is 27.5. The van der Waals surface area contributed by atoms with Crippen LogP contribution in [0, 0.1) is 11.8 Å². The summed E-state index contributed by atoms with van der Waals surface area (Å²) in [6.45, 7) is 8.85. The van der Waals surface area contributed by atoms with Crippen molar-refractivity contribution >= 4 is 11.9 Å². The van der Waals surface area contributed by atoms with Crippen LogP contribution in [-0.4, -0.2) is 70.4 Å². The normalized spacial score (nSPS) is 10.9. The van der Waals surface area contributed by atoms with Crippen LogP contribution in [0.25, 0.3) is 0 Å². The van der Waals surface area contributed by atoms with Gasteiger partial charge in [0.15, 0.2) is 0 Å². The molecule has 0 aliphatic carbocycles. The lowest BCUT2D eigenvalue weighted by Crippen LogP contribution is -2.24. The van der Waals surface area contributed by atoms with E-state index in [9.17, 15) is 9.59 Å². The first-order valence-corrected chi connectivity index (χ1v) is 12.7. The highest BCUT2D eigenvalue weighted by atomic mass is 16.6. The molecular weight excluding hydrogens is 488 g/mol. The van der Waals surface area contributed by atoms with Crippen molar-refractivity contribution in [1.82, 2.24) is 0 Å². The molecule has 0 bridgehead atoms. The Morgan fingerprint density at radius 1 is 0.763 bits per heavy atom. The molecule has 8 nitrogen and oxygen atoms in total. The van der Waals surface area contributed by atoms with Crippen molar-refractivity contribution < 1.29 is 38.0 Å². The standard InChI is InChI=1S/C30H38O8/c1-30(2,3)38-28(31)14-16-34-18-20-36-22-21-35-19-17-33-15-8-12-25-11-7-13-27(23-25)29(32)37-24-26-9-5-4-6-10-26/h4-7,9-11,13,23H,14-22,24H2,1-3H3. The Hall–Kier alpha value is -3.22. The summed E-state index contributed by atoms with van der Waals surface area (Å²) >= 11 is 0. The van der Waals surface area contributed by atoms with Crippen molar-refractivity contribution in [3.63, 3.8) is 0 Å². The van der Waals surface area contributed by atoms with E-state index in [0.717, 1.165) is 5.56 Å². The summed E-state index contributed by atoms with van der Waals surface area (Å²) < 4.78 is 32.2. The predicted molar refractivity (Wildman–Crippen MR) is 143 cm³/mol.